The van der Waals surface area contributed by atoms with Crippen LogP contribution in [0.25, 0.3) is 0 Å². The van der Waals surface area contributed by atoms with E-state index in [2.05, 4.69) is 6.92 Å². The fourth-order valence-corrected chi connectivity index (χ4v) is 2.30. The van der Waals surface area contributed by atoms with E-state index in [1.807, 2.05) is 24.3 Å². The first-order valence-corrected chi connectivity index (χ1v) is 7.57. The molecule has 1 atom stereocenters. The van der Waals surface area contributed by atoms with Crippen molar-refractivity contribution in [3.05, 3.63) is 29.8 Å². The molecule has 19 heavy (non-hydrogen) atoms. The predicted molar refractivity (Wildman–Crippen MR) is 80.7 cm³/mol. The monoisotopic (exact) mass is 264 g/mol. The number of rotatable bonds is 10. The average Bonchev–Trinajstić information content (AvgIpc) is 2.43. The van der Waals surface area contributed by atoms with Crippen LogP contribution >= 0.6 is 0 Å². The Balaban J connectivity index is 2.14. The second-order valence-electron chi connectivity index (χ2n) is 5.26. The Labute approximate surface area is 117 Å². The number of hydrogen-bond acceptors (Lipinski definition) is 2. The molecule has 108 valence electrons. The summed E-state index contributed by atoms with van der Waals surface area (Å²) < 4.78 is 5.12. The molecule has 1 rings (SSSR count). The van der Waals surface area contributed by atoms with Crippen LogP contribution in [0.3, 0.4) is 0 Å². The number of methoxy groups -OCH3 is 1. The topological polar surface area (TPSA) is 29.5 Å². The Kier molecular flexibility index (Phi) is 8.31. The highest BCUT2D eigenvalue weighted by atomic mass is 16.5. The summed E-state index contributed by atoms with van der Waals surface area (Å²) in [6.07, 6.45) is 9.13. The number of aliphatic hydroxyl groups is 1. The molecule has 0 fully saturated rings. The van der Waals surface area contributed by atoms with Crippen LogP contribution in [-0.4, -0.2) is 18.3 Å². The van der Waals surface area contributed by atoms with E-state index in [0.29, 0.717) is 0 Å². The lowest BCUT2D eigenvalue weighted by Crippen LogP contribution is -2.10. The van der Waals surface area contributed by atoms with Crippen molar-refractivity contribution >= 4 is 0 Å². The molecule has 0 aliphatic heterocycles. The van der Waals surface area contributed by atoms with Gasteiger partial charge in [0.1, 0.15) is 5.75 Å². The van der Waals surface area contributed by atoms with E-state index in [0.717, 1.165) is 25.0 Å². The molecule has 0 heterocycles. The average molecular weight is 264 g/mol. The molecule has 2 heteroatoms. The van der Waals surface area contributed by atoms with Gasteiger partial charge in [-0.25, -0.2) is 0 Å². The Morgan fingerprint density at radius 3 is 2.26 bits per heavy atom. The number of unbranched alkanes of at least 4 members (excludes halogenated alkanes) is 5. The number of hydrogen-bond donors (Lipinski definition) is 1. The van der Waals surface area contributed by atoms with Crippen LogP contribution < -0.4 is 4.74 Å². The molecular weight excluding hydrogens is 236 g/mol. The summed E-state index contributed by atoms with van der Waals surface area (Å²) in [5.41, 5.74) is 1.18. The van der Waals surface area contributed by atoms with Crippen LogP contribution in [0.5, 0.6) is 5.75 Å². The molecule has 0 aliphatic carbocycles. The highest BCUT2D eigenvalue weighted by molar-refractivity contribution is 5.27. The summed E-state index contributed by atoms with van der Waals surface area (Å²) in [6, 6.07) is 7.96. The first kappa shape index (κ1) is 16.0. The Morgan fingerprint density at radius 2 is 1.63 bits per heavy atom. The van der Waals surface area contributed by atoms with Crippen molar-refractivity contribution < 1.29 is 9.84 Å². The minimum atomic E-state index is -0.209. The predicted octanol–water partition coefficient (Wildman–Crippen LogP) is 4.35. The second kappa shape index (κ2) is 9.85. The lowest BCUT2D eigenvalue weighted by Gasteiger charge is -2.11. The van der Waals surface area contributed by atoms with Crippen molar-refractivity contribution in [1.82, 2.24) is 0 Å². The molecule has 0 saturated carbocycles. The summed E-state index contributed by atoms with van der Waals surface area (Å²) >= 11 is 0. The third kappa shape index (κ3) is 7.22. The molecule has 0 bridgehead atoms. The number of benzene rings is 1. The van der Waals surface area contributed by atoms with E-state index < -0.39 is 0 Å². The highest BCUT2D eigenvalue weighted by Crippen LogP contribution is 2.15. The minimum absolute atomic E-state index is 0.209. The maximum absolute atomic E-state index is 10.0. The molecular formula is C17H28O2. The van der Waals surface area contributed by atoms with Gasteiger partial charge in [-0.2, -0.15) is 0 Å². The van der Waals surface area contributed by atoms with Crippen molar-refractivity contribution in [1.29, 1.82) is 0 Å². The molecule has 1 aromatic carbocycles. The maximum Gasteiger partial charge on any atom is 0.118 e. The van der Waals surface area contributed by atoms with E-state index in [1.165, 1.54) is 37.7 Å². The Morgan fingerprint density at radius 1 is 1.00 bits per heavy atom. The molecule has 0 saturated heterocycles. The number of aliphatic hydroxyl groups excluding tert-OH is 1. The van der Waals surface area contributed by atoms with Crippen molar-refractivity contribution in [2.75, 3.05) is 7.11 Å². The smallest absolute Gasteiger partial charge is 0.118 e. The maximum atomic E-state index is 10.0. The number of ether oxygens (including phenoxy) is 1. The fourth-order valence-electron chi connectivity index (χ4n) is 2.30. The summed E-state index contributed by atoms with van der Waals surface area (Å²) in [6.45, 7) is 2.23. The molecule has 0 amide bonds. The molecule has 0 aliphatic rings. The molecule has 1 N–H and O–H groups in total. The van der Waals surface area contributed by atoms with E-state index in [-0.39, 0.29) is 6.10 Å². The van der Waals surface area contributed by atoms with Gasteiger partial charge in [-0.3, -0.25) is 0 Å². The van der Waals surface area contributed by atoms with Crippen LogP contribution in [0.15, 0.2) is 24.3 Å². The van der Waals surface area contributed by atoms with Crippen molar-refractivity contribution in [3.63, 3.8) is 0 Å². The fraction of sp³-hybridized carbons (Fsp3) is 0.647. The van der Waals surface area contributed by atoms with Crippen LogP contribution in [-0.2, 0) is 6.42 Å². The summed E-state index contributed by atoms with van der Waals surface area (Å²) in [5.74, 6) is 0.870. The van der Waals surface area contributed by atoms with Crippen molar-refractivity contribution in [2.45, 2.75) is 64.4 Å². The van der Waals surface area contributed by atoms with Crippen LogP contribution in [0.1, 0.15) is 57.4 Å². The normalized spacial score (nSPS) is 12.4. The second-order valence-corrected chi connectivity index (χ2v) is 5.26. The zero-order valence-corrected chi connectivity index (χ0v) is 12.4. The highest BCUT2D eigenvalue weighted by Gasteiger charge is 2.05. The van der Waals surface area contributed by atoms with E-state index in [1.54, 1.807) is 7.11 Å². The quantitative estimate of drug-likeness (QED) is 0.637. The van der Waals surface area contributed by atoms with Crippen molar-refractivity contribution in [3.8, 4) is 5.75 Å². The summed E-state index contributed by atoms with van der Waals surface area (Å²) in [5, 5.41) is 10.0. The van der Waals surface area contributed by atoms with Gasteiger partial charge >= 0.3 is 0 Å². The van der Waals surface area contributed by atoms with Gasteiger partial charge in [0, 0.05) is 0 Å². The Bertz CT molecular complexity index is 319. The lowest BCUT2D eigenvalue weighted by atomic mass is 10.0. The summed E-state index contributed by atoms with van der Waals surface area (Å²) in [4.78, 5) is 0. The van der Waals surface area contributed by atoms with Crippen LogP contribution in [0.2, 0.25) is 0 Å². The molecule has 0 aromatic heterocycles. The molecule has 1 aromatic rings. The largest absolute Gasteiger partial charge is 0.497 e. The molecule has 1 unspecified atom stereocenters. The first-order valence-electron chi connectivity index (χ1n) is 7.57. The van der Waals surface area contributed by atoms with E-state index in [4.69, 9.17) is 4.74 Å². The van der Waals surface area contributed by atoms with Gasteiger partial charge in [-0.05, 0) is 30.5 Å². The molecule has 0 spiro atoms. The van der Waals surface area contributed by atoms with Gasteiger partial charge in [-0.1, -0.05) is 57.6 Å². The van der Waals surface area contributed by atoms with Gasteiger partial charge in [0.05, 0.1) is 13.2 Å². The third-order valence-corrected chi connectivity index (χ3v) is 3.52. The zero-order chi connectivity index (χ0) is 13.9. The van der Waals surface area contributed by atoms with Crippen LogP contribution in [0.4, 0.5) is 0 Å². The lowest BCUT2D eigenvalue weighted by molar-refractivity contribution is 0.161. The first-order chi connectivity index (χ1) is 9.26. The molecule has 0 radical (unpaired) electrons. The Hall–Kier alpha value is -1.02. The SMILES string of the molecule is CCCCCCCCC(O)Cc1ccc(OC)cc1. The van der Waals surface area contributed by atoms with Gasteiger partial charge in [0.2, 0.25) is 0 Å². The minimum Gasteiger partial charge on any atom is -0.497 e. The zero-order valence-electron chi connectivity index (χ0n) is 12.4. The van der Waals surface area contributed by atoms with Gasteiger partial charge < -0.3 is 9.84 Å². The summed E-state index contributed by atoms with van der Waals surface area (Å²) in [7, 11) is 1.67. The van der Waals surface area contributed by atoms with E-state index in [9.17, 15) is 5.11 Å². The molecule has 2 nitrogen and oxygen atoms in total. The van der Waals surface area contributed by atoms with Gasteiger partial charge in [0.25, 0.3) is 0 Å². The van der Waals surface area contributed by atoms with Gasteiger partial charge in [-0.15, -0.1) is 0 Å². The van der Waals surface area contributed by atoms with E-state index >= 15 is 0 Å². The van der Waals surface area contributed by atoms with Crippen LogP contribution in [0, 0.1) is 0 Å². The van der Waals surface area contributed by atoms with Gasteiger partial charge in [0.15, 0.2) is 0 Å². The third-order valence-electron chi connectivity index (χ3n) is 3.52. The van der Waals surface area contributed by atoms with Crippen molar-refractivity contribution in [2.24, 2.45) is 0 Å². The standard InChI is InChI=1S/C17H28O2/c1-3-4-5-6-7-8-9-16(18)14-15-10-12-17(19-2)13-11-15/h10-13,16,18H,3-9,14H2,1-2H3.